The molecule has 2 rings (SSSR count). The summed E-state index contributed by atoms with van der Waals surface area (Å²) in [7, 11) is 1.64. The van der Waals surface area contributed by atoms with Crippen LogP contribution < -0.4 is 10.6 Å². The largest absolute Gasteiger partial charge is 0.372 e. The Labute approximate surface area is 118 Å². The van der Waals surface area contributed by atoms with Gasteiger partial charge in [0.25, 0.3) is 0 Å². The molecule has 0 aliphatic carbocycles. The molecule has 19 heavy (non-hydrogen) atoms. The predicted molar refractivity (Wildman–Crippen MR) is 73.4 cm³/mol. The highest BCUT2D eigenvalue weighted by atomic mass is 35.5. The van der Waals surface area contributed by atoms with Gasteiger partial charge in [-0.2, -0.15) is 0 Å². The van der Waals surface area contributed by atoms with E-state index in [1.54, 1.807) is 7.05 Å². The number of halogens is 4. The molecule has 0 saturated heterocycles. The van der Waals surface area contributed by atoms with Gasteiger partial charge in [0.2, 0.25) is 0 Å². The van der Waals surface area contributed by atoms with Crippen molar-refractivity contribution in [3.63, 3.8) is 0 Å². The molecule has 3 nitrogen and oxygen atoms in total. The number of anilines is 3. The number of benzene rings is 1. The Balaban J connectivity index is 2.37. The van der Waals surface area contributed by atoms with Crippen molar-refractivity contribution in [3.05, 3.63) is 45.9 Å². The quantitative estimate of drug-likeness (QED) is 0.879. The van der Waals surface area contributed by atoms with Gasteiger partial charge < -0.3 is 10.6 Å². The SMILES string of the molecule is CNc1nc(Nc2ccc(F)cc2F)c(Cl)cc1Cl. The standard InChI is InChI=1S/C12H9Cl2F2N3/c1-17-11-7(13)5-8(14)12(19-11)18-10-3-2-6(15)4-9(10)16/h2-5H,1H3,(H2,17,18,19). The highest BCUT2D eigenvalue weighted by Gasteiger charge is 2.11. The lowest BCUT2D eigenvalue weighted by molar-refractivity contribution is 0.586. The summed E-state index contributed by atoms with van der Waals surface area (Å²) in [4.78, 5) is 4.10. The van der Waals surface area contributed by atoms with Crippen LogP contribution in [0.3, 0.4) is 0 Å². The van der Waals surface area contributed by atoms with Gasteiger partial charge in [0, 0.05) is 13.1 Å². The fraction of sp³-hybridized carbons (Fsp3) is 0.0833. The molecular formula is C12H9Cl2F2N3. The molecule has 1 aromatic heterocycles. The van der Waals surface area contributed by atoms with Gasteiger partial charge in [-0.1, -0.05) is 23.2 Å². The smallest absolute Gasteiger partial charge is 0.151 e. The molecule has 0 radical (unpaired) electrons. The average molecular weight is 304 g/mol. The van der Waals surface area contributed by atoms with Gasteiger partial charge in [-0.15, -0.1) is 0 Å². The number of hydrogen-bond donors (Lipinski definition) is 2. The molecule has 1 heterocycles. The molecule has 0 fully saturated rings. The minimum Gasteiger partial charge on any atom is -0.372 e. The van der Waals surface area contributed by atoms with E-state index in [1.807, 2.05) is 0 Å². The summed E-state index contributed by atoms with van der Waals surface area (Å²) in [5.41, 5.74) is 0.0696. The highest BCUT2D eigenvalue weighted by Crippen LogP contribution is 2.31. The molecule has 0 atom stereocenters. The van der Waals surface area contributed by atoms with E-state index in [0.717, 1.165) is 12.1 Å². The van der Waals surface area contributed by atoms with Gasteiger partial charge in [-0.05, 0) is 18.2 Å². The van der Waals surface area contributed by atoms with Gasteiger partial charge in [-0.25, -0.2) is 13.8 Å². The van der Waals surface area contributed by atoms with Crippen LogP contribution in [0.15, 0.2) is 24.3 Å². The highest BCUT2D eigenvalue weighted by molar-refractivity contribution is 6.37. The first kappa shape index (κ1) is 13.8. The fourth-order valence-corrected chi connectivity index (χ4v) is 1.95. The summed E-state index contributed by atoms with van der Waals surface area (Å²) in [6.45, 7) is 0. The van der Waals surface area contributed by atoms with Crippen LogP contribution in [0.25, 0.3) is 0 Å². The van der Waals surface area contributed by atoms with E-state index in [-0.39, 0.29) is 16.5 Å². The van der Waals surface area contributed by atoms with Crippen molar-refractivity contribution >= 4 is 40.5 Å². The maximum atomic E-state index is 13.5. The first-order valence-electron chi connectivity index (χ1n) is 5.27. The van der Waals surface area contributed by atoms with E-state index in [1.165, 1.54) is 12.1 Å². The van der Waals surface area contributed by atoms with Gasteiger partial charge in [0.1, 0.15) is 17.5 Å². The summed E-state index contributed by atoms with van der Waals surface area (Å²) < 4.78 is 26.3. The topological polar surface area (TPSA) is 37.0 Å². The number of nitrogens with zero attached hydrogens (tertiary/aromatic N) is 1. The molecule has 100 valence electrons. The van der Waals surface area contributed by atoms with Crippen LogP contribution in [0.1, 0.15) is 0 Å². The van der Waals surface area contributed by atoms with Crippen LogP contribution in [0.2, 0.25) is 10.0 Å². The first-order valence-corrected chi connectivity index (χ1v) is 6.02. The fourth-order valence-electron chi connectivity index (χ4n) is 1.45. The summed E-state index contributed by atoms with van der Waals surface area (Å²) in [5, 5.41) is 6.04. The Kier molecular flexibility index (Phi) is 4.07. The van der Waals surface area contributed by atoms with Crippen LogP contribution >= 0.6 is 23.2 Å². The zero-order valence-electron chi connectivity index (χ0n) is 9.77. The number of aromatic nitrogens is 1. The van der Waals surface area contributed by atoms with E-state index >= 15 is 0 Å². The Hall–Kier alpha value is -1.59. The summed E-state index contributed by atoms with van der Waals surface area (Å²) in [5.74, 6) is -0.773. The van der Waals surface area contributed by atoms with E-state index in [2.05, 4.69) is 15.6 Å². The molecule has 1 aromatic carbocycles. The van der Waals surface area contributed by atoms with Crippen molar-refractivity contribution in [1.82, 2.24) is 4.98 Å². The average Bonchev–Trinajstić information content (AvgIpc) is 2.35. The predicted octanol–water partition coefficient (Wildman–Crippen LogP) is 4.45. The molecule has 7 heteroatoms. The summed E-state index contributed by atoms with van der Waals surface area (Å²) >= 11 is 11.9. The first-order chi connectivity index (χ1) is 9.01. The van der Waals surface area contributed by atoms with Gasteiger partial charge in [0.05, 0.1) is 15.7 Å². The van der Waals surface area contributed by atoms with E-state index in [9.17, 15) is 8.78 Å². The second kappa shape index (κ2) is 5.59. The second-order valence-corrected chi connectivity index (χ2v) is 4.46. The molecule has 0 saturated carbocycles. The van der Waals surface area contributed by atoms with Crippen LogP contribution in [0.4, 0.5) is 26.1 Å². The molecule has 2 N–H and O–H groups in total. The van der Waals surface area contributed by atoms with Crippen LogP contribution in [0.5, 0.6) is 0 Å². The molecule has 0 amide bonds. The molecule has 2 aromatic rings. The van der Waals surface area contributed by atoms with Crippen molar-refractivity contribution in [1.29, 1.82) is 0 Å². The second-order valence-electron chi connectivity index (χ2n) is 3.65. The number of nitrogens with one attached hydrogen (secondary N) is 2. The van der Waals surface area contributed by atoms with Crippen LogP contribution in [-0.4, -0.2) is 12.0 Å². The van der Waals surface area contributed by atoms with E-state index < -0.39 is 11.6 Å². The number of hydrogen-bond acceptors (Lipinski definition) is 3. The van der Waals surface area contributed by atoms with Crippen molar-refractivity contribution in [2.24, 2.45) is 0 Å². The lowest BCUT2D eigenvalue weighted by Crippen LogP contribution is -2.01. The van der Waals surface area contributed by atoms with Gasteiger partial charge in [-0.3, -0.25) is 0 Å². The maximum absolute atomic E-state index is 13.5. The number of pyridine rings is 1. The van der Waals surface area contributed by atoms with Crippen molar-refractivity contribution in [2.45, 2.75) is 0 Å². The minimum atomic E-state index is -0.737. The Morgan fingerprint density at radius 1 is 1.05 bits per heavy atom. The zero-order valence-corrected chi connectivity index (χ0v) is 11.3. The van der Waals surface area contributed by atoms with Crippen LogP contribution in [-0.2, 0) is 0 Å². The maximum Gasteiger partial charge on any atom is 0.151 e. The molecule has 0 spiro atoms. The third kappa shape index (κ3) is 3.05. The van der Waals surface area contributed by atoms with Crippen LogP contribution in [0, 0.1) is 11.6 Å². The summed E-state index contributed by atoms with van der Waals surface area (Å²) in [6.07, 6.45) is 0. The molecule has 0 aliphatic heterocycles. The van der Waals surface area contributed by atoms with Gasteiger partial charge >= 0.3 is 0 Å². The lowest BCUT2D eigenvalue weighted by atomic mass is 10.3. The van der Waals surface area contributed by atoms with Crippen molar-refractivity contribution in [3.8, 4) is 0 Å². The number of rotatable bonds is 3. The van der Waals surface area contributed by atoms with Gasteiger partial charge in [0.15, 0.2) is 5.82 Å². The minimum absolute atomic E-state index is 0.0696. The molecule has 0 aliphatic rings. The Morgan fingerprint density at radius 3 is 2.37 bits per heavy atom. The summed E-state index contributed by atoms with van der Waals surface area (Å²) in [6, 6.07) is 4.64. The zero-order chi connectivity index (χ0) is 14.0. The van der Waals surface area contributed by atoms with E-state index in [0.29, 0.717) is 10.8 Å². The third-order valence-corrected chi connectivity index (χ3v) is 2.93. The van der Waals surface area contributed by atoms with Crippen molar-refractivity contribution in [2.75, 3.05) is 17.7 Å². The molecule has 0 bridgehead atoms. The van der Waals surface area contributed by atoms with Crippen molar-refractivity contribution < 1.29 is 8.78 Å². The van der Waals surface area contributed by atoms with E-state index in [4.69, 9.17) is 23.2 Å². The molecular weight excluding hydrogens is 295 g/mol. The Bertz CT molecular complexity index is 620. The lowest BCUT2D eigenvalue weighted by Gasteiger charge is -2.11. The Morgan fingerprint density at radius 2 is 1.74 bits per heavy atom. The molecule has 0 unspecified atom stereocenters. The third-order valence-electron chi connectivity index (χ3n) is 2.35. The monoisotopic (exact) mass is 303 g/mol. The normalized spacial score (nSPS) is 10.4.